The maximum atomic E-state index is 10.8. The number of ketones is 1. The van der Waals surface area contributed by atoms with E-state index in [1.54, 1.807) is 0 Å². The molecule has 0 bridgehead atoms. The lowest BCUT2D eigenvalue weighted by atomic mass is 10.1. The number of fused-ring (bicyclic) bond motifs is 1. The molecule has 0 atom stereocenters. The first kappa shape index (κ1) is 9.77. The van der Waals surface area contributed by atoms with Gasteiger partial charge < -0.3 is 10.1 Å². The lowest BCUT2D eigenvalue weighted by molar-refractivity contribution is -0.118. The molecular formula is C12H13NO2. The zero-order valence-electron chi connectivity index (χ0n) is 8.62. The molecule has 0 saturated heterocycles. The first-order valence-corrected chi connectivity index (χ1v) is 4.93. The Bertz CT molecular complexity index is 410. The molecular weight excluding hydrogens is 190 g/mol. The van der Waals surface area contributed by atoms with Crippen molar-refractivity contribution in [2.75, 3.05) is 18.5 Å². The molecule has 1 N–H and O–H groups in total. The summed E-state index contributed by atoms with van der Waals surface area (Å²) in [6.07, 6.45) is 4.10. The van der Waals surface area contributed by atoms with E-state index in [1.165, 1.54) is 6.92 Å². The van der Waals surface area contributed by atoms with Crippen LogP contribution in [0.1, 0.15) is 12.5 Å². The van der Waals surface area contributed by atoms with E-state index < -0.39 is 0 Å². The maximum absolute atomic E-state index is 10.8. The van der Waals surface area contributed by atoms with Crippen molar-refractivity contribution in [3.05, 3.63) is 29.8 Å². The van der Waals surface area contributed by atoms with Crippen molar-refractivity contribution in [2.45, 2.75) is 6.92 Å². The monoisotopic (exact) mass is 203 g/mol. The van der Waals surface area contributed by atoms with Gasteiger partial charge in [0, 0.05) is 12.1 Å². The predicted molar refractivity (Wildman–Crippen MR) is 60.1 cm³/mol. The van der Waals surface area contributed by atoms with Crippen LogP contribution in [-0.4, -0.2) is 18.9 Å². The Morgan fingerprint density at radius 3 is 3.20 bits per heavy atom. The van der Waals surface area contributed by atoms with Gasteiger partial charge in [-0.2, -0.15) is 0 Å². The number of para-hydroxylation sites is 1. The summed E-state index contributed by atoms with van der Waals surface area (Å²) in [5, 5.41) is 3.23. The van der Waals surface area contributed by atoms with Crippen LogP contribution in [0.25, 0.3) is 6.08 Å². The second-order valence-electron chi connectivity index (χ2n) is 3.49. The Morgan fingerprint density at radius 1 is 1.53 bits per heavy atom. The van der Waals surface area contributed by atoms with Gasteiger partial charge in [0.15, 0.2) is 5.78 Å². The molecule has 1 aliphatic rings. The number of ether oxygens (including phenoxy) is 1. The molecule has 1 aromatic carbocycles. The molecule has 2 rings (SSSR count). The fourth-order valence-electron chi connectivity index (χ4n) is 1.52. The Labute approximate surface area is 88.8 Å². The molecule has 3 heteroatoms. The fourth-order valence-corrected chi connectivity index (χ4v) is 1.52. The molecule has 0 aliphatic carbocycles. The second-order valence-corrected chi connectivity index (χ2v) is 3.49. The molecule has 1 aromatic rings. The number of benzene rings is 1. The highest BCUT2D eigenvalue weighted by molar-refractivity contribution is 5.79. The predicted octanol–water partition coefficient (Wildman–Crippen LogP) is 2.09. The van der Waals surface area contributed by atoms with Crippen LogP contribution in [-0.2, 0) is 4.79 Å². The van der Waals surface area contributed by atoms with Gasteiger partial charge in [-0.1, -0.05) is 24.3 Å². The fraction of sp³-hybridized carbons (Fsp3) is 0.250. The van der Waals surface area contributed by atoms with E-state index in [-0.39, 0.29) is 12.4 Å². The molecule has 0 fully saturated rings. The topological polar surface area (TPSA) is 38.3 Å². The summed E-state index contributed by atoms with van der Waals surface area (Å²) < 4.78 is 5.42. The summed E-state index contributed by atoms with van der Waals surface area (Å²) in [4.78, 5) is 10.8. The molecule has 3 nitrogen and oxygen atoms in total. The molecule has 15 heavy (non-hydrogen) atoms. The molecule has 78 valence electrons. The number of rotatable bonds is 3. The van der Waals surface area contributed by atoms with E-state index in [0.717, 1.165) is 23.5 Å². The smallest absolute Gasteiger partial charge is 0.167 e. The quantitative estimate of drug-likeness (QED) is 0.817. The minimum Gasteiger partial charge on any atom is -0.484 e. The summed E-state index contributed by atoms with van der Waals surface area (Å²) in [6, 6.07) is 5.80. The van der Waals surface area contributed by atoms with Gasteiger partial charge in [-0.25, -0.2) is 0 Å². The van der Waals surface area contributed by atoms with Gasteiger partial charge in [0.05, 0.1) is 5.69 Å². The van der Waals surface area contributed by atoms with Crippen LogP contribution in [0.4, 0.5) is 5.69 Å². The van der Waals surface area contributed by atoms with Crippen LogP contribution in [0.5, 0.6) is 5.75 Å². The van der Waals surface area contributed by atoms with E-state index in [0.29, 0.717) is 0 Å². The lowest BCUT2D eigenvalue weighted by Crippen LogP contribution is -2.11. The Balaban J connectivity index is 2.24. The van der Waals surface area contributed by atoms with Crippen LogP contribution in [0.15, 0.2) is 24.3 Å². The SMILES string of the molecule is CC(=O)COc1cccc2c1NCC=C2. The molecule has 0 amide bonds. The first-order valence-electron chi connectivity index (χ1n) is 4.93. The molecule has 1 aliphatic heterocycles. The van der Waals surface area contributed by atoms with Crippen molar-refractivity contribution in [3.63, 3.8) is 0 Å². The van der Waals surface area contributed by atoms with Gasteiger partial charge in [0.2, 0.25) is 0 Å². The standard InChI is InChI=1S/C12H13NO2/c1-9(14)8-15-11-6-2-4-10-5-3-7-13-12(10)11/h2-6,13H,7-8H2,1H3. The third-order valence-electron chi connectivity index (χ3n) is 2.18. The van der Waals surface area contributed by atoms with Crippen molar-refractivity contribution in [1.82, 2.24) is 0 Å². The number of nitrogens with one attached hydrogen (secondary N) is 1. The third kappa shape index (κ3) is 2.18. The first-order chi connectivity index (χ1) is 7.27. The van der Waals surface area contributed by atoms with E-state index in [9.17, 15) is 4.79 Å². The Kier molecular flexibility index (Phi) is 2.72. The summed E-state index contributed by atoms with van der Waals surface area (Å²) in [5.74, 6) is 0.769. The number of carbonyl (C=O) groups is 1. The number of carbonyl (C=O) groups excluding carboxylic acids is 1. The molecule has 0 unspecified atom stereocenters. The molecule has 0 radical (unpaired) electrons. The third-order valence-corrected chi connectivity index (χ3v) is 2.18. The summed E-state index contributed by atoms with van der Waals surface area (Å²) in [6.45, 7) is 2.44. The van der Waals surface area contributed by atoms with Crippen LogP contribution >= 0.6 is 0 Å². The van der Waals surface area contributed by atoms with Gasteiger partial charge in [-0.3, -0.25) is 4.79 Å². The molecule has 0 saturated carbocycles. The number of hydrogen-bond donors (Lipinski definition) is 1. The summed E-state index contributed by atoms with van der Waals surface area (Å²) in [5.41, 5.74) is 2.07. The highest BCUT2D eigenvalue weighted by Crippen LogP contribution is 2.31. The normalized spacial score (nSPS) is 12.9. The van der Waals surface area contributed by atoms with Crippen LogP contribution in [0.3, 0.4) is 0 Å². The van der Waals surface area contributed by atoms with E-state index >= 15 is 0 Å². The zero-order chi connectivity index (χ0) is 10.7. The van der Waals surface area contributed by atoms with Crippen LogP contribution < -0.4 is 10.1 Å². The minimum absolute atomic E-state index is 0.0268. The van der Waals surface area contributed by atoms with Crippen molar-refractivity contribution < 1.29 is 9.53 Å². The van der Waals surface area contributed by atoms with Crippen molar-refractivity contribution >= 4 is 17.5 Å². The maximum Gasteiger partial charge on any atom is 0.167 e. The van der Waals surface area contributed by atoms with Gasteiger partial charge >= 0.3 is 0 Å². The van der Waals surface area contributed by atoms with Crippen molar-refractivity contribution in [1.29, 1.82) is 0 Å². The van der Waals surface area contributed by atoms with Gasteiger partial charge in [0.1, 0.15) is 12.4 Å². The van der Waals surface area contributed by atoms with Gasteiger partial charge in [0.25, 0.3) is 0 Å². The Morgan fingerprint density at radius 2 is 2.40 bits per heavy atom. The number of hydrogen-bond acceptors (Lipinski definition) is 3. The molecule has 1 heterocycles. The van der Waals surface area contributed by atoms with E-state index in [2.05, 4.69) is 11.4 Å². The highest BCUT2D eigenvalue weighted by Gasteiger charge is 2.09. The van der Waals surface area contributed by atoms with Crippen LogP contribution in [0.2, 0.25) is 0 Å². The van der Waals surface area contributed by atoms with Crippen LogP contribution in [0, 0.1) is 0 Å². The average molecular weight is 203 g/mol. The number of Topliss-reactive ketones (excluding diaryl/α,β-unsaturated/α-hetero) is 1. The van der Waals surface area contributed by atoms with Crippen molar-refractivity contribution in [3.8, 4) is 5.75 Å². The van der Waals surface area contributed by atoms with Crippen molar-refractivity contribution in [2.24, 2.45) is 0 Å². The lowest BCUT2D eigenvalue weighted by Gasteiger charge is -2.17. The largest absolute Gasteiger partial charge is 0.484 e. The highest BCUT2D eigenvalue weighted by atomic mass is 16.5. The number of anilines is 1. The Hall–Kier alpha value is -1.77. The summed E-state index contributed by atoms with van der Waals surface area (Å²) in [7, 11) is 0. The van der Waals surface area contributed by atoms with Gasteiger partial charge in [-0.05, 0) is 13.0 Å². The average Bonchev–Trinajstić information content (AvgIpc) is 2.26. The van der Waals surface area contributed by atoms with E-state index in [1.807, 2.05) is 24.3 Å². The van der Waals surface area contributed by atoms with Gasteiger partial charge in [-0.15, -0.1) is 0 Å². The zero-order valence-corrected chi connectivity index (χ0v) is 8.62. The second kappa shape index (κ2) is 4.17. The summed E-state index contributed by atoms with van der Waals surface area (Å²) >= 11 is 0. The van der Waals surface area contributed by atoms with E-state index in [4.69, 9.17) is 4.74 Å². The molecule has 0 aromatic heterocycles. The minimum atomic E-state index is 0.0268. The molecule has 0 spiro atoms.